The molecule has 33 heavy (non-hydrogen) atoms. The Balaban J connectivity index is 1.38. The molecule has 1 heterocycles. The molecule has 5 nitrogen and oxygen atoms in total. The van der Waals surface area contributed by atoms with Gasteiger partial charge in [-0.1, -0.05) is 60.1 Å². The smallest absolute Gasteiger partial charge is 0.256 e. The molecule has 6 heteroatoms. The van der Waals surface area contributed by atoms with Crippen LogP contribution in [0.25, 0.3) is 0 Å². The highest BCUT2D eigenvalue weighted by atomic mass is 35.5. The molecule has 0 unspecified atom stereocenters. The molecule has 1 aliphatic heterocycles. The van der Waals surface area contributed by atoms with Gasteiger partial charge in [-0.15, -0.1) is 0 Å². The number of para-hydroxylation sites is 1. The first-order chi connectivity index (χ1) is 16.0. The summed E-state index contributed by atoms with van der Waals surface area (Å²) in [7, 11) is 1.78. The van der Waals surface area contributed by atoms with E-state index in [0.29, 0.717) is 22.8 Å². The summed E-state index contributed by atoms with van der Waals surface area (Å²) in [5.41, 5.74) is 3.20. The molecule has 0 saturated carbocycles. The fourth-order valence-electron chi connectivity index (χ4n) is 4.22. The summed E-state index contributed by atoms with van der Waals surface area (Å²) in [6.07, 6.45) is 1.50. The van der Waals surface area contributed by atoms with Crippen LogP contribution in [0, 0.1) is 5.92 Å². The van der Waals surface area contributed by atoms with Crippen LogP contribution < -0.4 is 10.2 Å². The quantitative estimate of drug-likeness (QED) is 0.529. The lowest BCUT2D eigenvalue weighted by molar-refractivity contribution is -0.120. The zero-order valence-corrected chi connectivity index (χ0v) is 19.5. The summed E-state index contributed by atoms with van der Waals surface area (Å²) in [5, 5.41) is 3.73. The molecule has 4 rings (SSSR count). The van der Waals surface area contributed by atoms with Crippen molar-refractivity contribution < 1.29 is 9.59 Å². The van der Waals surface area contributed by atoms with Gasteiger partial charge in [0, 0.05) is 43.3 Å². The number of rotatable bonds is 6. The summed E-state index contributed by atoms with van der Waals surface area (Å²) >= 11 is 6.12. The minimum atomic E-state index is -0.120. The van der Waals surface area contributed by atoms with Crippen molar-refractivity contribution in [1.82, 2.24) is 4.90 Å². The first-order valence-corrected chi connectivity index (χ1v) is 11.6. The van der Waals surface area contributed by atoms with Gasteiger partial charge in [-0.05, 0) is 48.7 Å². The number of halogens is 1. The van der Waals surface area contributed by atoms with Crippen LogP contribution in [-0.4, -0.2) is 36.9 Å². The molecule has 2 amide bonds. The van der Waals surface area contributed by atoms with E-state index >= 15 is 0 Å². The number of anilines is 2. The van der Waals surface area contributed by atoms with E-state index in [1.54, 1.807) is 24.1 Å². The molecule has 1 saturated heterocycles. The summed E-state index contributed by atoms with van der Waals surface area (Å²) in [6, 6.07) is 24.9. The zero-order valence-electron chi connectivity index (χ0n) is 18.7. The molecule has 3 aromatic carbocycles. The Morgan fingerprint density at radius 1 is 0.970 bits per heavy atom. The minimum Gasteiger partial charge on any atom is -0.371 e. The summed E-state index contributed by atoms with van der Waals surface area (Å²) in [6.45, 7) is 2.08. The van der Waals surface area contributed by atoms with E-state index < -0.39 is 0 Å². The van der Waals surface area contributed by atoms with Crippen molar-refractivity contribution >= 4 is 34.8 Å². The van der Waals surface area contributed by atoms with E-state index in [0.717, 1.165) is 37.2 Å². The second kappa shape index (κ2) is 10.5. The fraction of sp³-hybridized carbons (Fsp3) is 0.259. The average Bonchev–Trinajstić information content (AvgIpc) is 2.84. The zero-order chi connectivity index (χ0) is 23.2. The largest absolute Gasteiger partial charge is 0.371 e. The Morgan fingerprint density at radius 3 is 2.39 bits per heavy atom. The first-order valence-electron chi connectivity index (χ1n) is 11.2. The van der Waals surface area contributed by atoms with Gasteiger partial charge >= 0.3 is 0 Å². The highest BCUT2D eigenvalue weighted by molar-refractivity contribution is 6.30. The lowest BCUT2D eigenvalue weighted by atomic mass is 9.95. The Bertz CT molecular complexity index is 1110. The molecule has 0 bridgehead atoms. The number of benzene rings is 3. The lowest BCUT2D eigenvalue weighted by Gasteiger charge is -2.33. The normalized spacial score (nSPS) is 14.1. The summed E-state index contributed by atoms with van der Waals surface area (Å²) < 4.78 is 0. The van der Waals surface area contributed by atoms with Crippen molar-refractivity contribution in [3.63, 3.8) is 0 Å². The molecule has 0 spiro atoms. The Kier molecular flexibility index (Phi) is 7.30. The number of carbonyl (C=O) groups is 2. The summed E-state index contributed by atoms with van der Waals surface area (Å²) in [4.78, 5) is 30.1. The van der Waals surface area contributed by atoms with Crippen LogP contribution in [0.2, 0.25) is 5.02 Å². The monoisotopic (exact) mass is 461 g/mol. The number of carbonyl (C=O) groups excluding carboxylic acids is 2. The Morgan fingerprint density at radius 2 is 1.67 bits per heavy atom. The summed E-state index contributed by atoms with van der Waals surface area (Å²) in [5.74, 6) is -0.247. The van der Waals surface area contributed by atoms with Gasteiger partial charge in [-0.3, -0.25) is 9.59 Å². The third-order valence-electron chi connectivity index (χ3n) is 6.06. The molecule has 1 fully saturated rings. The van der Waals surface area contributed by atoms with Crippen molar-refractivity contribution in [2.24, 2.45) is 5.92 Å². The van der Waals surface area contributed by atoms with Crippen LogP contribution >= 0.6 is 11.6 Å². The van der Waals surface area contributed by atoms with Crippen molar-refractivity contribution in [3.8, 4) is 0 Å². The maximum Gasteiger partial charge on any atom is 0.256 e. The molecule has 0 aliphatic carbocycles. The predicted molar refractivity (Wildman–Crippen MR) is 134 cm³/mol. The third kappa shape index (κ3) is 5.74. The Hall–Kier alpha value is -3.31. The Labute approximate surface area is 200 Å². The van der Waals surface area contributed by atoms with Crippen LogP contribution in [0.3, 0.4) is 0 Å². The van der Waals surface area contributed by atoms with Crippen LogP contribution in [-0.2, 0) is 11.3 Å². The molecule has 0 atom stereocenters. The van der Waals surface area contributed by atoms with E-state index in [4.69, 9.17) is 11.6 Å². The number of nitrogens with one attached hydrogen (secondary N) is 1. The number of piperidine rings is 1. The third-order valence-corrected chi connectivity index (χ3v) is 6.30. The van der Waals surface area contributed by atoms with E-state index in [1.807, 2.05) is 66.7 Å². The van der Waals surface area contributed by atoms with Crippen LogP contribution in [0.15, 0.2) is 78.9 Å². The van der Waals surface area contributed by atoms with Crippen molar-refractivity contribution in [1.29, 1.82) is 0 Å². The van der Waals surface area contributed by atoms with Crippen molar-refractivity contribution in [2.75, 3.05) is 30.4 Å². The van der Waals surface area contributed by atoms with Crippen LogP contribution in [0.5, 0.6) is 0 Å². The maximum atomic E-state index is 13.1. The molecule has 0 radical (unpaired) electrons. The molecular weight excluding hydrogens is 434 g/mol. The van der Waals surface area contributed by atoms with Crippen LogP contribution in [0.1, 0.15) is 28.8 Å². The minimum absolute atomic E-state index is 0.0355. The molecule has 1 N–H and O–H groups in total. The highest BCUT2D eigenvalue weighted by Gasteiger charge is 2.26. The first kappa shape index (κ1) is 22.9. The average molecular weight is 462 g/mol. The fourth-order valence-corrected chi connectivity index (χ4v) is 4.41. The van der Waals surface area contributed by atoms with E-state index in [-0.39, 0.29) is 17.7 Å². The molecular formula is C27H28ClN3O2. The van der Waals surface area contributed by atoms with Crippen LogP contribution in [0.4, 0.5) is 11.4 Å². The van der Waals surface area contributed by atoms with E-state index in [1.165, 1.54) is 0 Å². The second-order valence-corrected chi connectivity index (χ2v) is 8.86. The highest BCUT2D eigenvalue weighted by Crippen LogP contribution is 2.27. The number of amides is 2. The topological polar surface area (TPSA) is 52.7 Å². The SMILES string of the molecule is CN(Cc1ccccc1)C(=O)c1ccccc1NC(=O)C1CCN(c2cccc(Cl)c2)CC1. The standard InChI is InChI=1S/C27H28ClN3O2/c1-30(19-20-8-3-2-4-9-20)27(33)24-12-5-6-13-25(24)29-26(32)21-14-16-31(17-15-21)23-11-7-10-22(28)18-23/h2-13,18,21H,14-17,19H2,1H3,(H,29,32). The number of hydrogen-bond acceptors (Lipinski definition) is 3. The van der Waals surface area contributed by atoms with Crippen molar-refractivity contribution in [2.45, 2.75) is 19.4 Å². The number of nitrogens with zero attached hydrogens (tertiary/aromatic N) is 2. The van der Waals surface area contributed by atoms with Gasteiger partial charge in [0.05, 0.1) is 11.3 Å². The molecule has 170 valence electrons. The molecule has 3 aromatic rings. The van der Waals surface area contributed by atoms with E-state index in [9.17, 15) is 9.59 Å². The van der Waals surface area contributed by atoms with Gasteiger partial charge in [-0.2, -0.15) is 0 Å². The van der Waals surface area contributed by atoms with E-state index in [2.05, 4.69) is 10.2 Å². The predicted octanol–water partition coefficient (Wildman–Crippen LogP) is 5.47. The van der Waals surface area contributed by atoms with Gasteiger partial charge < -0.3 is 15.1 Å². The van der Waals surface area contributed by atoms with Gasteiger partial charge in [0.25, 0.3) is 5.91 Å². The number of hydrogen-bond donors (Lipinski definition) is 1. The lowest BCUT2D eigenvalue weighted by Crippen LogP contribution is -2.38. The van der Waals surface area contributed by atoms with Gasteiger partial charge in [0.2, 0.25) is 5.91 Å². The molecule has 0 aromatic heterocycles. The second-order valence-electron chi connectivity index (χ2n) is 8.42. The maximum absolute atomic E-state index is 13.1. The molecule has 1 aliphatic rings. The van der Waals surface area contributed by atoms with Gasteiger partial charge in [0.15, 0.2) is 0 Å². The van der Waals surface area contributed by atoms with Gasteiger partial charge in [-0.25, -0.2) is 0 Å². The van der Waals surface area contributed by atoms with Crippen molar-refractivity contribution in [3.05, 3.63) is 95.0 Å². The van der Waals surface area contributed by atoms with Gasteiger partial charge in [0.1, 0.15) is 0 Å².